The molecule has 0 atom stereocenters. The highest BCUT2D eigenvalue weighted by Gasteiger charge is 2.29. The fraction of sp³-hybridized carbons (Fsp3) is 0.241. The zero-order valence-electron chi connectivity index (χ0n) is 21.4. The van der Waals surface area contributed by atoms with Crippen LogP contribution in [0, 0.1) is 20.8 Å². The SMILES string of the molecule is CCC(F)(F)c1cccc(NC(=O)c2c(C)nc(-c3ccc(OC)c(-c4c(C)cccc4C)c3)n2O)c1. The largest absolute Gasteiger partial charge is 0.496 e. The van der Waals surface area contributed by atoms with Crippen LogP contribution in [0.15, 0.2) is 60.7 Å². The molecule has 1 amide bonds. The monoisotopic (exact) mass is 505 g/mol. The van der Waals surface area contributed by atoms with E-state index in [1.807, 2.05) is 38.1 Å². The van der Waals surface area contributed by atoms with Gasteiger partial charge in [0.15, 0.2) is 11.5 Å². The van der Waals surface area contributed by atoms with Crippen molar-refractivity contribution < 1.29 is 23.5 Å². The average Bonchev–Trinajstić information content (AvgIpc) is 3.17. The molecule has 192 valence electrons. The van der Waals surface area contributed by atoms with Gasteiger partial charge in [0.2, 0.25) is 0 Å². The van der Waals surface area contributed by atoms with E-state index in [0.29, 0.717) is 11.3 Å². The number of amides is 1. The Hall–Kier alpha value is -4.20. The number of alkyl halides is 2. The van der Waals surface area contributed by atoms with Crippen molar-refractivity contribution in [2.24, 2.45) is 0 Å². The zero-order chi connectivity index (χ0) is 26.9. The van der Waals surface area contributed by atoms with E-state index in [2.05, 4.69) is 10.3 Å². The second-order valence-corrected chi connectivity index (χ2v) is 8.96. The summed E-state index contributed by atoms with van der Waals surface area (Å²) in [5.74, 6) is -2.84. The van der Waals surface area contributed by atoms with Crippen LogP contribution in [0.2, 0.25) is 0 Å². The number of carbonyl (C=O) groups is 1. The van der Waals surface area contributed by atoms with Crippen molar-refractivity contribution in [2.75, 3.05) is 12.4 Å². The molecule has 37 heavy (non-hydrogen) atoms. The topological polar surface area (TPSA) is 76.4 Å². The molecule has 2 N–H and O–H groups in total. The molecule has 0 radical (unpaired) electrons. The Kier molecular flexibility index (Phi) is 7.03. The Balaban J connectivity index is 1.72. The number of imidazole rings is 1. The molecule has 0 fully saturated rings. The van der Waals surface area contributed by atoms with Gasteiger partial charge < -0.3 is 15.3 Å². The molecule has 0 aliphatic carbocycles. The molecule has 1 heterocycles. The molecule has 4 aromatic rings. The van der Waals surface area contributed by atoms with E-state index in [1.165, 1.54) is 31.2 Å². The highest BCUT2D eigenvalue weighted by Crippen LogP contribution is 2.38. The number of nitrogens with zero attached hydrogens (tertiary/aromatic N) is 2. The van der Waals surface area contributed by atoms with E-state index < -0.39 is 11.8 Å². The number of hydrogen-bond acceptors (Lipinski definition) is 4. The number of hydrogen-bond donors (Lipinski definition) is 2. The molecule has 3 aromatic carbocycles. The molecular weight excluding hydrogens is 476 g/mol. The van der Waals surface area contributed by atoms with Crippen LogP contribution in [-0.2, 0) is 5.92 Å². The van der Waals surface area contributed by atoms with Crippen molar-refractivity contribution in [1.82, 2.24) is 9.71 Å². The van der Waals surface area contributed by atoms with Gasteiger partial charge >= 0.3 is 0 Å². The number of nitrogens with one attached hydrogen (secondary N) is 1. The highest BCUT2D eigenvalue weighted by molar-refractivity contribution is 6.04. The predicted molar refractivity (Wildman–Crippen MR) is 140 cm³/mol. The first-order valence-corrected chi connectivity index (χ1v) is 11.9. The lowest BCUT2D eigenvalue weighted by molar-refractivity contribution is -0.00824. The number of methoxy groups -OCH3 is 1. The van der Waals surface area contributed by atoms with E-state index in [9.17, 15) is 18.8 Å². The summed E-state index contributed by atoms with van der Waals surface area (Å²) in [7, 11) is 1.59. The number of benzene rings is 3. The summed E-state index contributed by atoms with van der Waals surface area (Å²) < 4.78 is 34.6. The van der Waals surface area contributed by atoms with Crippen LogP contribution in [0.3, 0.4) is 0 Å². The molecule has 1 aromatic heterocycles. The number of anilines is 1. The number of carbonyl (C=O) groups excluding carboxylic acids is 1. The summed E-state index contributed by atoms with van der Waals surface area (Å²) >= 11 is 0. The van der Waals surface area contributed by atoms with E-state index in [-0.39, 0.29) is 34.9 Å². The van der Waals surface area contributed by atoms with E-state index >= 15 is 0 Å². The van der Waals surface area contributed by atoms with Crippen LogP contribution in [0.4, 0.5) is 14.5 Å². The molecule has 0 saturated heterocycles. The smallest absolute Gasteiger partial charge is 0.277 e. The molecular formula is C29H29F2N3O3. The molecule has 0 aliphatic rings. The van der Waals surface area contributed by atoms with Gasteiger partial charge in [-0.1, -0.05) is 37.3 Å². The third-order valence-electron chi connectivity index (χ3n) is 6.44. The van der Waals surface area contributed by atoms with Crippen molar-refractivity contribution in [2.45, 2.75) is 40.0 Å². The minimum atomic E-state index is -3.01. The van der Waals surface area contributed by atoms with Crippen LogP contribution in [0.1, 0.15) is 46.2 Å². The van der Waals surface area contributed by atoms with Crippen LogP contribution < -0.4 is 10.1 Å². The van der Waals surface area contributed by atoms with Crippen molar-refractivity contribution in [3.63, 3.8) is 0 Å². The second kappa shape index (κ2) is 10.0. The van der Waals surface area contributed by atoms with E-state index in [0.717, 1.165) is 27.0 Å². The fourth-order valence-corrected chi connectivity index (χ4v) is 4.47. The van der Waals surface area contributed by atoms with Gasteiger partial charge in [0.1, 0.15) is 5.75 Å². The molecule has 0 unspecified atom stereocenters. The maximum Gasteiger partial charge on any atom is 0.277 e. The van der Waals surface area contributed by atoms with Crippen LogP contribution >= 0.6 is 0 Å². The minimum Gasteiger partial charge on any atom is -0.496 e. The first-order chi connectivity index (χ1) is 17.6. The molecule has 8 heteroatoms. The minimum absolute atomic E-state index is 0.0907. The Labute approximate surface area is 214 Å². The summed E-state index contributed by atoms with van der Waals surface area (Å²) in [5.41, 5.74) is 4.74. The van der Waals surface area contributed by atoms with Gasteiger partial charge in [-0.25, -0.2) is 13.8 Å². The van der Waals surface area contributed by atoms with E-state index in [4.69, 9.17) is 4.74 Å². The van der Waals surface area contributed by atoms with Crippen molar-refractivity contribution in [1.29, 1.82) is 0 Å². The first kappa shape index (κ1) is 25.9. The van der Waals surface area contributed by atoms with E-state index in [1.54, 1.807) is 26.2 Å². The Morgan fingerprint density at radius 1 is 1.05 bits per heavy atom. The quantitative estimate of drug-likeness (QED) is 0.262. The van der Waals surface area contributed by atoms with Crippen LogP contribution in [-0.4, -0.2) is 27.9 Å². The molecule has 6 nitrogen and oxygen atoms in total. The van der Waals surface area contributed by atoms with Crippen molar-refractivity contribution in [3.8, 4) is 28.3 Å². The maximum atomic E-state index is 14.1. The van der Waals surface area contributed by atoms with Crippen LogP contribution in [0.5, 0.6) is 5.75 Å². The Morgan fingerprint density at radius 3 is 2.38 bits per heavy atom. The summed E-state index contributed by atoms with van der Waals surface area (Å²) in [5, 5.41) is 13.6. The molecule has 0 saturated carbocycles. The second-order valence-electron chi connectivity index (χ2n) is 8.96. The predicted octanol–water partition coefficient (Wildman–Crippen LogP) is 7.14. The number of aromatic nitrogens is 2. The summed E-state index contributed by atoms with van der Waals surface area (Å²) in [6.07, 6.45) is -0.359. The van der Waals surface area contributed by atoms with Gasteiger partial charge in [-0.05, 0) is 67.8 Å². The Morgan fingerprint density at radius 2 is 1.73 bits per heavy atom. The Bertz CT molecular complexity index is 1460. The number of ether oxygens (including phenoxy) is 1. The standard InChI is InChI=1S/C29H29F2N3O3/c1-6-29(30,31)21-11-8-12-22(16-21)33-28(35)26-19(4)32-27(34(26)36)20-13-14-24(37-5)23(15-20)25-17(2)9-7-10-18(25)3/h7-16,36H,6H2,1-5H3,(H,33,35). The average molecular weight is 506 g/mol. The lowest BCUT2D eigenvalue weighted by Crippen LogP contribution is -2.18. The van der Waals surface area contributed by atoms with Gasteiger partial charge in [-0.3, -0.25) is 4.79 Å². The zero-order valence-corrected chi connectivity index (χ0v) is 21.4. The van der Waals surface area contributed by atoms with Crippen molar-refractivity contribution >= 4 is 11.6 Å². The number of aryl methyl sites for hydroxylation is 3. The number of rotatable bonds is 7. The van der Waals surface area contributed by atoms with Gasteiger partial charge in [0.05, 0.1) is 12.8 Å². The first-order valence-electron chi connectivity index (χ1n) is 11.9. The van der Waals surface area contributed by atoms with Gasteiger partial charge in [-0.2, -0.15) is 4.73 Å². The lowest BCUT2D eigenvalue weighted by Gasteiger charge is -2.16. The van der Waals surface area contributed by atoms with Gasteiger partial charge in [-0.15, -0.1) is 0 Å². The lowest BCUT2D eigenvalue weighted by atomic mass is 9.93. The third kappa shape index (κ3) is 4.91. The summed E-state index contributed by atoms with van der Waals surface area (Å²) in [6, 6.07) is 16.9. The third-order valence-corrected chi connectivity index (χ3v) is 6.44. The summed E-state index contributed by atoms with van der Waals surface area (Å²) in [6.45, 7) is 7.02. The van der Waals surface area contributed by atoms with Crippen LogP contribution in [0.25, 0.3) is 22.5 Å². The highest BCUT2D eigenvalue weighted by atomic mass is 19.3. The molecule has 0 aliphatic heterocycles. The van der Waals surface area contributed by atoms with Crippen molar-refractivity contribution in [3.05, 3.63) is 88.7 Å². The maximum absolute atomic E-state index is 14.1. The molecule has 0 bridgehead atoms. The van der Waals surface area contributed by atoms with Gasteiger partial charge in [0, 0.05) is 28.8 Å². The normalized spacial score (nSPS) is 11.4. The fourth-order valence-electron chi connectivity index (χ4n) is 4.47. The molecule has 0 spiro atoms. The summed E-state index contributed by atoms with van der Waals surface area (Å²) in [4.78, 5) is 17.5. The van der Waals surface area contributed by atoms with Gasteiger partial charge in [0.25, 0.3) is 11.8 Å². The number of halogens is 2. The molecule has 4 rings (SSSR count).